The maximum atomic E-state index is 13.3. The van der Waals surface area contributed by atoms with Gasteiger partial charge in [-0.05, 0) is 49.3 Å². The molecule has 0 aromatic heterocycles. The van der Waals surface area contributed by atoms with Gasteiger partial charge in [-0.3, -0.25) is 4.79 Å². The molecule has 1 aliphatic heterocycles. The van der Waals surface area contributed by atoms with Gasteiger partial charge in [0.25, 0.3) is 0 Å². The number of benzene rings is 1. The lowest BCUT2D eigenvalue weighted by molar-refractivity contribution is -0.177. The van der Waals surface area contributed by atoms with Gasteiger partial charge < -0.3 is 9.47 Å². The smallest absolute Gasteiger partial charge is 0.325 e. The number of nitrogens with zero attached hydrogens (tertiary/aromatic N) is 1. The molecule has 1 saturated carbocycles. The van der Waals surface area contributed by atoms with Crippen molar-refractivity contribution in [3.63, 3.8) is 0 Å². The minimum atomic E-state index is -0.924. The third-order valence-electron chi connectivity index (χ3n) is 5.61. The highest BCUT2D eigenvalue weighted by Crippen LogP contribution is 2.47. The van der Waals surface area contributed by atoms with Crippen molar-refractivity contribution in [2.45, 2.75) is 62.6 Å². The molecular weight excluding hydrogens is 321 g/mol. The molecule has 5 heteroatoms. The number of rotatable bonds is 3. The first-order valence-electron chi connectivity index (χ1n) is 8.98. The predicted molar refractivity (Wildman–Crippen MR) is 90.2 cm³/mol. The summed E-state index contributed by atoms with van der Waals surface area (Å²) in [6, 6.07) is 8.61. The van der Waals surface area contributed by atoms with Crippen molar-refractivity contribution < 1.29 is 18.7 Å². The Morgan fingerprint density at radius 3 is 2.60 bits per heavy atom. The van der Waals surface area contributed by atoms with Gasteiger partial charge in [-0.1, -0.05) is 31.4 Å². The Bertz CT molecular complexity index is 646. The Morgan fingerprint density at radius 2 is 2.00 bits per heavy atom. The van der Waals surface area contributed by atoms with Crippen LogP contribution in [0.5, 0.6) is 0 Å². The number of carbonyl (C=O) groups is 1. The average molecular weight is 345 g/mol. The standard InChI is InChI=1S/C20H24FNO3/c1-24-19(23)17(13-22)18-11-15(14-5-7-16(21)8-6-14)12-20(25-18)9-3-2-4-10-20/h5-8,15,17-18H,2-4,9-12H2,1H3. The molecule has 1 aromatic carbocycles. The molecule has 25 heavy (non-hydrogen) atoms. The third kappa shape index (κ3) is 3.85. The lowest BCUT2D eigenvalue weighted by Gasteiger charge is -2.47. The van der Waals surface area contributed by atoms with Crippen molar-refractivity contribution in [2.75, 3.05) is 7.11 Å². The van der Waals surface area contributed by atoms with Crippen LogP contribution in [0.25, 0.3) is 0 Å². The molecule has 1 aliphatic carbocycles. The Labute approximate surface area is 147 Å². The maximum absolute atomic E-state index is 13.3. The van der Waals surface area contributed by atoms with Crippen LogP contribution in [-0.2, 0) is 14.3 Å². The van der Waals surface area contributed by atoms with Crippen molar-refractivity contribution in [3.8, 4) is 6.07 Å². The second-order valence-electron chi connectivity index (χ2n) is 7.22. The van der Waals surface area contributed by atoms with Crippen LogP contribution in [0.2, 0.25) is 0 Å². The van der Waals surface area contributed by atoms with Gasteiger partial charge in [0.1, 0.15) is 5.82 Å². The fraction of sp³-hybridized carbons (Fsp3) is 0.600. The SMILES string of the molecule is COC(=O)C(C#N)C1CC(c2ccc(F)cc2)CC2(CCCCC2)O1. The first-order valence-corrected chi connectivity index (χ1v) is 8.98. The number of halogens is 1. The highest BCUT2D eigenvalue weighted by molar-refractivity contribution is 5.75. The summed E-state index contributed by atoms with van der Waals surface area (Å²) in [6.07, 6.45) is 6.21. The van der Waals surface area contributed by atoms with Gasteiger partial charge in [-0.15, -0.1) is 0 Å². The topological polar surface area (TPSA) is 59.3 Å². The largest absolute Gasteiger partial charge is 0.468 e. The summed E-state index contributed by atoms with van der Waals surface area (Å²) in [5.74, 6) is -1.58. The summed E-state index contributed by atoms with van der Waals surface area (Å²) in [7, 11) is 1.29. The Kier molecular flexibility index (Phi) is 5.39. The molecule has 3 unspecified atom stereocenters. The molecule has 0 bridgehead atoms. The van der Waals surface area contributed by atoms with Gasteiger partial charge >= 0.3 is 5.97 Å². The lowest BCUT2D eigenvalue weighted by atomic mass is 9.71. The number of carbonyl (C=O) groups excluding carboxylic acids is 1. The normalized spacial score (nSPS) is 26.6. The van der Waals surface area contributed by atoms with E-state index < -0.39 is 18.0 Å². The van der Waals surface area contributed by atoms with Crippen molar-refractivity contribution in [1.82, 2.24) is 0 Å². The molecule has 0 radical (unpaired) electrons. The highest BCUT2D eigenvalue weighted by Gasteiger charge is 2.46. The van der Waals surface area contributed by atoms with E-state index in [-0.39, 0.29) is 17.3 Å². The van der Waals surface area contributed by atoms with Gasteiger partial charge in [-0.2, -0.15) is 5.26 Å². The number of esters is 1. The van der Waals surface area contributed by atoms with Crippen LogP contribution in [0.4, 0.5) is 4.39 Å². The van der Waals surface area contributed by atoms with E-state index >= 15 is 0 Å². The molecule has 1 aromatic rings. The molecule has 3 atom stereocenters. The van der Waals surface area contributed by atoms with Gasteiger partial charge in [0.15, 0.2) is 5.92 Å². The summed E-state index contributed by atoms with van der Waals surface area (Å²) < 4.78 is 24.5. The van der Waals surface area contributed by atoms with Crippen LogP contribution in [-0.4, -0.2) is 24.8 Å². The molecule has 1 spiro atoms. The zero-order valence-corrected chi connectivity index (χ0v) is 14.5. The number of nitriles is 1. The Balaban J connectivity index is 1.89. The molecule has 2 fully saturated rings. The van der Waals surface area contributed by atoms with Gasteiger partial charge in [-0.25, -0.2) is 4.39 Å². The first-order chi connectivity index (χ1) is 12.1. The predicted octanol–water partition coefficient (Wildman–Crippen LogP) is 4.10. The molecule has 3 rings (SSSR count). The van der Waals surface area contributed by atoms with E-state index in [1.807, 2.05) is 0 Å². The fourth-order valence-electron chi connectivity index (χ4n) is 4.36. The number of methoxy groups -OCH3 is 1. The maximum Gasteiger partial charge on any atom is 0.325 e. The van der Waals surface area contributed by atoms with E-state index in [0.717, 1.165) is 37.7 Å². The average Bonchev–Trinajstić information content (AvgIpc) is 2.63. The number of hydrogen-bond acceptors (Lipinski definition) is 4. The second kappa shape index (κ2) is 7.53. The molecule has 2 aliphatic rings. The monoisotopic (exact) mass is 345 g/mol. The minimum Gasteiger partial charge on any atom is -0.468 e. The molecule has 4 nitrogen and oxygen atoms in total. The highest BCUT2D eigenvalue weighted by atomic mass is 19.1. The zero-order chi connectivity index (χ0) is 17.9. The van der Waals surface area contributed by atoms with E-state index in [4.69, 9.17) is 9.47 Å². The van der Waals surface area contributed by atoms with Crippen molar-refractivity contribution in [3.05, 3.63) is 35.6 Å². The summed E-state index contributed by atoms with van der Waals surface area (Å²) in [5, 5.41) is 9.48. The van der Waals surface area contributed by atoms with Gasteiger partial charge in [0, 0.05) is 0 Å². The molecule has 1 saturated heterocycles. The van der Waals surface area contributed by atoms with E-state index in [2.05, 4.69) is 6.07 Å². The van der Waals surface area contributed by atoms with Crippen LogP contribution < -0.4 is 0 Å². The van der Waals surface area contributed by atoms with Crippen molar-refractivity contribution >= 4 is 5.97 Å². The van der Waals surface area contributed by atoms with E-state index in [1.54, 1.807) is 12.1 Å². The van der Waals surface area contributed by atoms with Crippen LogP contribution >= 0.6 is 0 Å². The molecule has 0 N–H and O–H groups in total. The van der Waals surface area contributed by atoms with Crippen molar-refractivity contribution in [2.24, 2.45) is 5.92 Å². The molecule has 0 amide bonds. The molecule has 134 valence electrons. The first kappa shape index (κ1) is 17.9. The third-order valence-corrected chi connectivity index (χ3v) is 5.61. The van der Waals surface area contributed by atoms with Gasteiger partial charge in [0.2, 0.25) is 0 Å². The van der Waals surface area contributed by atoms with E-state index in [0.29, 0.717) is 6.42 Å². The number of hydrogen-bond donors (Lipinski definition) is 0. The molecule has 1 heterocycles. The van der Waals surface area contributed by atoms with Crippen LogP contribution in [0, 0.1) is 23.1 Å². The van der Waals surface area contributed by atoms with E-state index in [1.165, 1.54) is 25.7 Å². The second-order valence-corrected chi connectivity index (χ2v) is 7.22. The van der Waals surface area contributed by atoms with Crippen LogP contribution in [0.3, 0.4) is 0 Å². The zero-order valence-electron chi connectivity index (χ0n) is 14.5. The Hall–Kier alpha value is -1.93. The van der Waals surface area contributed by atoms with Crippen LogP contribution in [0.15, 0.2) is 24.3 Å². The summed E-state index contributed by atoms with van der Waals surface area (Å²) in [6.45, 7) is 0. The summed E-state index contributed by atoms with van der Waals surface area (Å²) in [4.78, 5) is 12.0. The van der Waals surface area contributed by atoms with E-state index in [9.17, 15) is 14.4 Å². The van der Waals surface area contributed by atoms with Gasteiger partial charge in [0.05, 0.1) is 24.9 Å². The fourth-order valence-corrected chi connectivity index (χ4v) is 4.36. The lowest BCUT2D eigenvalue weighted by Crippen LogP contribution is -2.48. The quantitative estimate of drug-likeness (QED) is 0.774. The summed E-state index contributed by atoms with van der Waals surface area (Å²) in [5.41, 5.74) is 0.754. The summed E-state index contributed by atoms with van der Waals surface area (Å²) >= 11 is 0. The number of ether oxygens (including phenoxy) is 2. The minimum absolute atomic E-state index is 0.151. The molecular formula is C20H24FNO3. The van der Waals surface area contributed by atoms with Crippen LogP contribution in [0.1, 0.15) is 56.4 Å². The Morgan fingerprint density at radius 1 is 1.32 bits per heavy atom. The van der Waals surface area contributed by atoms with Crippen molar-refractivity contribution in [1.29, 1.82) is 5.26 Å².